The van der Waals surface area contributed by atoms with Crippen molar-refractivity contribution in [1.29, 1.82) is 0 Å². The Balaban J connectivity index is 1.59. The number of ether oxygens (including phenoxy) is 1. The van der Waals surface area contributed by atoms with E-state index in [1.54, 1.807) is 13.0 Å². The molecular formula is C28H39FN3O3P. The van der Waals surface area contributed by atoms with E-state index in [1.165, 1.54) is 23.3 Å². The van der Waals surface area contributed by atoms with Crippen LogP contribution in [-0.2, 0) is 9.59 Å². The van der Waals surface area contributed by atoms with E-state index in [0.29, 0.717) is 31.7 Å². The molecule has 8 heteroatoms. The molecule has 1 aliphatic rings. The van der Waals surface area contributed by atoms with Gasteiger partial charge in [0.2, 0.25) is 11.8 Å². The summed E-state index contributed by atoms with van der Waals surface area (Å²) in [4.78, 5) is 24.8. The predicted molar refractivity (Wildman–Crippen MR) is 146 cm³/mol. The first-order valence-electron chi connectivity index (χ1n) is 12.6. The van der Waals surface area contributed by atoms with E-state index < -0.39 is 6.04 Å². The number of carbonyl (C=O) groups excluding carboxylic acids is 2. The van der Waals surface area contributed by atoms with Crippen LogP contribution < -0.4 is 20.7 Å². The summed E-state index contributed by atoms with van der Waals surface area (Å²) < 4.78 is 18.9. The van der Waals surface area contributed by atoms with Gasteiger partial charge in [-0.3, -0.25) is 9.59 Å². The third kappa shape index (κ3) is 11.8. The highest BCUT2D eigenvalue weighted by atomic mass is 31.1. The van der Waals surface area contributed by atoms with Crippen molar-refractivity contribution in [1.82, 2.24) is 16.0 Å². The molecule has 0 bridgehead atoms. The fourth-order valence-corrected chi connectivity index (χ4v) is 4.88. The van der Waals surface area contributed by atoms with Crippen LogP contribution in [0.3, 0.4) is 0 Å². The first kappa shape index (κ1) is 29.5. The molecule has 1 aliphatic heterocycles. The number of amides is 2. The SMILES string of the molecule is C#CCC(NC(=O)CCCCOc1cc(C)cc(F)c1)C(=O)NCCCNCC1=CC(CC)=CPC1. The molecule has 6 nitrogen and oxygen atoms in total. The van der Waals surface area contributed by atoms with Crippen molar-refractivity contribution in [2.24, 2.45) is 0 Å². The number of aryl methyl sites for hydroxylation is 1. The van der Waals surface area contributed by atoms with Gasteiger partial charge in [-0.25, -0.2) is 4.39 Å². The molecule has 36 heavy (non-hydrogen) atoms. The standard InChI is InChI=1S/C28H39FN3O3P/c1-4-9-26(28(34)31-12-8-11-30-18-23-16-22(5-2)19-36-20-23)32-27(33)10-6-7-13-35-25-15-21(3)14-24(29)17-25/h1,14-17,19,26,30,36H,5-13,18,20H2,2-3H3,(H,31,34)(H,32,33). The average Bonchev–Trinajstić information content (AvgIpc) is 2.85. The summed E-state index contributed by atoms with van der Waals surface area (Å²) in [5.74, 6) is 4.45. The van der Waals surface area contributed by atoms with Gasteiger partial charge in [0.1, 0.15) is 17.6 Å². The summed E-state index contributed by atoms with van der Waals surface area (Å²) in [7, 11) is 0.868. The second-order valence-electron chi connectivity index (χ2n) is 8.88. The molecule has 2 atom stereocenters. The number of rotatable bonds is 16. The molecule has 196 valence electrons. The molecule has 2 rings (SSSR count). The lowest BCUT2D eigenvalue weighted by Gasteiger charge is -2.17. The van der Waals surface area contributed by atoms with Crippen molar-refractivity contribution >= 4 is 20.4 Å². The highest BCUT2D eigenvalue weighted by molar-refractivity contribution is 7.42. The number of allylic oxidation sites excluding steroid dienone is 2. The van der Waals surface area contributed by atoms with Gasteiger partial charge in [0.25, 0.3) is 0 Å². The van der Waals surface area contributed by atoms with Gasteiger partial charge in [-0.05, 0) is 68.6 Å². The first-order chi connectivity index (χ1) is 17.4. The minimum Gasteiger partial charge on any atom is -0.493 e. The van der Waals surface area contributed by atoms with Gasteiger partial charge in [-0.1, -0.05) is 33.0 Å². The minimum atomic E-state index is -0.741. The summed E-state index contributed by atoms with van der Waals surface area (Å²) >= 11 is 0. The lowest BCUT2D eigenvalue weighted by Crippen LogP contribution is -2.47. The Labute approximate surface area is 216 Å². The zero-order valence-electron chi connectivity index (χ0n) is 21.4. The second kappa shape index (κ2) is 16.9. The predicted octanol–water partition coefficient (Wildman–Crippen LogP) is 4.20. The molecule has 0 spiro atoms. The fraction of sp³-hybridized carbons (Fsp3) is 0.500. The van der Waals surface area contributed by atoms with Gasteiger partial charge < -0.3 is 20.7 Å². The van der Waals surface area contributed by atoms with Crippen LogP contribution in [0.1, 0.15) is 51.0 Å². The van der Waals surface area contributed by atoms with Crippen LogP contribution >= 0.6 is 8.58 Å². The number of hydrogen-bond acceptors (Lipinski definition) is 4. The molecular weight excluding hydrogens is 476 g/mol. The van der Waals surface area contributed by atoms with Crippen molar-refractivity contribution in [3.05, 3.63) is 52.6 Å². The molecule has 1 aromatic carbocycles. The van der Waals surface area contributed by atoms with Gasteiger partial charge >= 0.3 is 0 Å². The molecule has 3 N–H and O–H groups in total. The average molecular weight is 516 g/mol. The third-order valence-corrected chi connectivity index (χ3v) is 6.89. The van der Waals surface area contributed by atoms with E-state index in [4.69, 9.17) is 11.2 Å². The van der Waals surface area contributed by atoms with Gasteiger partial charge in [-0.2, -0.15) is 0 Å². The third-order valence-electron chi connectivity index (χ3n) is 5.65. The first-order valence-corrected chi connectivity index (χ1v) is 13.9. The fourth-order valence-electron chi connectivity index (χ4n) is 3.74. The van der Waals surface area contributed by atoms with Crippen molar-refractivity contribution < 1.29 is 18.7 Å². The molecule has 0 aromatic heterocycles. The van der Waals surface area contributed by atoms with E-state index in [0.717, 1.165) is 46.2 Å². The monoisotopic (exact) mass is 515 g/mol. The molecule has 0 saturated carbocycles. The molecule has 1 aromatic rings. The van der Waals surface area contributed by atoms with Crippen molar-refractivity contribution in [3.8, 4) is 18.1 Å². The Morgan fingerprint density at radius 3 is 2.81 bits per heavy atom. The Hall–Kier alpha value is -2.68. The maximum absolute atomic E-state index is 13.4. The maximum Gasteiger partial charge on any atom is 0.243 e. The van der Waals surface area contributed by atoms with Crippen LogP contribution in [0.5, 0.6) is 5.75 Å². The zero-order valence-corrected chi connectivity index (χ0v) is 22.4. The van der Waals surface area contributed by atoms with Crippen LogP contribution in [0, 0.1) is 25.1 Å². The number of nitrogens with one attached hydrogen (secondary N) is 3. The quantitative estimate of drug-likeness (QED) is 0.175. The number of terminal acetylenes is 1. The number of unbranched alkanes of at least 4 members (excludes halogenated alkanes) is 1. The Morgan fingerprint density at radius 2 is 2.06 bits per heavy atom. The van der Waals surface area contributed by atoms with Crippen molar-refractivity contribution in [2.75, 3.05) is 32.4 Å². The molecule has 2 unspecified atom stereocenters. The van der Waals surface area contributed by atoms with Crippen LogP contribution in [0.15, 0.2) is 41.2 Å². The van der Waals surface area contributed by atoms with E-state index in [-0.39, 0.29) is 30.5 Å². The molecule has 1 heterocycles. The Bertz CT molecular complexity index is 951. The van der Waals surface area contributed by atoms with Crippen molar-refractivity contribution in [2.45, 2.75) is 58.4 Å². The van der Waals surface area contributed by atoms with Gasteiger partial charge in [0.15, 0.2) is 0 Å². The van der Waals surface area contributed by atoms with E-state index in [9.17, 15) is 14.0 Å². The van der Waals surface area contributed by atoms with Crippen LogP contribution in [-0.4, -0.2) is 50.3 Å². The van der Waals surface area contributed by atoms with Crippen LogP contribution in [0.2, 0.25) is 0 Å². The topological polar surface area (TPSA) is 79.5 Å². The molecule has 0 radical (unpaired) electrons. The summed E-state index contributed by atoms with van der Waals surface area (Å²) in [6.45, 7) is 6.55. The van der Waals surface area contributed by atoms with Gasteiger partial charge in [-0.15, -0.1) is 12.3 Å². The molecule has 0 aliphatic carbocycles. The van der Waals surface area contributed by atoms with Gasteiger partial charge in [0, 0.05) is 32.0 Å². The van der Waals surface area contributed by atoms with E-state index in [2.05, 4.69) is 40.7 Å². The Morgan fingerprint density at radius 1 is 1.22 bits per heavy atom. The normalized spacial score (nSPS) is 14.4. The van der Waals surface area contributed by atoms with Gasteiger partial charge in [0.05, 0.1) is 6.61 Å². The smallest absolute Gasteiger partial charge is 0.243 e. The summed E-state index contributed by atoms with van der Waals surface area (Å²) in [6.07, 6.45) is 12.3. The Kier molecular flexibility index (Phi) is 13.9. The summed E-state index contributed by atoms with van der Waals surface area (Å²) in [5, 5.41) is 9.04. The molecule has 0 saturated heterocycles. The highest BCUT2D eigenvalue weighted by Crippen LogP contribution is 2.26. The number of carbonyl (C=O) groups is 2. The molecule has 0 fully saturated rings. The van der Waals surface area contributed by atoms with E-state index >= 15 is 0 Å². The minimum absolute atomic E-state index is 0.139. The largest absolute Gasteiger partial charge is 0.493 e. The second-order valence-corrected chi connectivity index (χ2v) is 9.93. The maximum atomic E-state index is 13.4. The number of hydrogen-bond donors (Lipinski definition) is 3. The number of benzene rings is 1. The zero-order chi connectivity index (χ0) is 26.2. The lowest BCUT2D eigenvalue weighted by atomic mass is 10.1. The summed E-state index contributed by atoms with van der Waals surface area (Å²) in [5.41, 5.74) is 3.64. The lowest BCUT2D eigenvalue weighted by molar-refractivity contribution is -0.128. The van der Waals surface area contributed by atoms with Crippen molar-refractivity contribution in [3.63, 3.8) is 0 Å². The van der Waals surface area contributed by atoms with Crippen LogP contribution in [0.25, 0.3) is 0 Å². The number of halogens is 1. The summed E-state index contributed by atoms with van der Waals surface area (Å²) in [6, 6.07) is 3.80. The highest BCUT2D eigenvalue weighted by Gasteiger charge is 2.19. The molecule has 2 amide bonds. The van der Waals surface area contributed by atoms with E-state index in [1.807, 2.05) is 0 Å². The van der Waals surface area contributed by atoms with Crippen LogP contribution in [0.4, 0.5) is 4.39 Å².